The van der Waals surface area contributed by atoms with E-state index in [0.29, 0.717) is 43.6 Å². The van der Waals surface area contributed by atoms with Gasteiger partial charge in [-0.25, -0.2) is 9.79 Å². The highest BCUT2D eigenvalue weighted by molar-refractivity contribution is 7.07. The standard InChI is InChI=1S/C26H29N3O5S/c1-7-32-25(31)22-16(4)27-26-29(23(22)18-10-8-9-11-19(18)33-15(2)3)24(30)20(35-26)14-17-12-13-21(34-17)28(5)6/h8-15,23H,7H2,1-6H3/b20-14-. The van der Waals surface area contributed by atoms with E-state index in [9.17, 15) is 9.59 Å². The maximum Gasteiger partial charge on any atom is 0.338 e. The summed E-state index contributed by atoms with van der Waals surface area (Å²) in [6.45, 7) is 7.59. The van der Waals surface area contributed by atoms with Gasteiger partial charge in [0.1, 0.15) is 17.6 Å². The van der Waals surface area contributed by atoms with Crippen molar-refractivity contribution < 1.29 is 18.7 Å². The number of fused-ring (bicyclic) bond motifs is 1. The molecule has 0 bridgehead atoms. The Labute approximate surface area is 207 Å². The van der Waals surface area contributed by atoms with Crippen LogP contribution in [-0.2, 0) is 9.53 Å². The normalized spacial score (nSPS) is 15.7. The topological polar surface area (TPSA) is 86.3 Å². The van der Waals surface area contributed by atoms with Crippen LogP contribution >= 0.6 is 11.3 Å². The fraction of sp³-hybridized carbons (Fsp3) is 0.346. The number of furan rings is 1. The van der Waals surface area contributed by atoms with E-state index in [1.54, 1.807) is 24.5 Å². The molecule has 0 aliphatic carbocycles. The minimum Gasteiger partial charge on any atom is -0.491 e. The molecule has 4 rings (SSSR count). The molecule has 1 aromatic carbocycles. The van der Waals surface area contributed by atoms with Gasteiger partial charge < -0.3 is 18.8 Å². The van der Waals surface area contributed by atoms with Crippen LogP contribution in [0.1, 0.15) is 45.1 Å². The van der Waals surface area contributed by atoms with Crippen molar-refractivity contribution in [3.8, 4) is 5.75 Å². The third-order valence-electron chi connectivity index (χ3n) is 5.42. The minimum atomic E-state index is -0.740. The Morgan fingerprint density at radius 2 is 2.00 bits per heavy atom. The van der Waals surface area contributed by atoms with Gasteiger partial charge in [-0.3, -0.25) is 9.36 Å². The highest BCUT2D eigenvalue weighted by Gasteiger charge is 2.35. The first-order valence-corrected chi connectivity index (χ1v) is 12.2. The SMILES string of the molecule is CCOC(=O)C1=C(C)N=c2s/c(=C\c3ccc(N(C)C)o3)c(=O)n2C1c1ccccc1OC(C)C. The van der Waals surface area contributed by atoms with E-state index >= 15 is 0 Å². The van der Waals surface area contributed by atoms with Crippen LogP contribution in [0.4, 0.5) is 5.88 Å². The molecule has 0 saturated carbocycles. The van der Waals surface area contributed by atoms with E-state index in [0.717, 1.165) is 0 Å². The number of para-hydroxylation sites is 1. The molecule has 0 saturated heterocycles. The Bertz CT molecular complexity index is 1460. The van der Waals surface area contributed by atoms with Crippen molar-refractivity contribution in [2.45, 2.75) is 39.8 Å². The zero-order valence-corrected chi connectivity index (χ0v) is 21.5. The van der Waals surface area contributed by atoms with Gasteiger partial charge in [-0.15, -0.1) is 0 Å². The minimum absolute atomic E-state index is 0.0899. The summed E-state index contributed by atoms with van der Waals surface area (Å²) in [5.41, 5.74) is 1.25. The third kappa shape index (κ3) is 4.81. The van der Waals surface area contributed by atoms with Crippen LogP contribution in [0.2, 0.25) is 0 Å². The van der Waals surface area contributed by atoms with E-state index in [1.165, 1.54) is 11.3 Å². The molecule has 3 heterocycles. The van der Waals surface area contributed by atoms with Gasteiger partial charge in [-0.1, -0.05) is 29.5 Å². The van der Waals surface area contributed by atoms with Gasteiger partial charge >= 0.3 is 5.97 Å². The lowest BCUT2D eigenvalue weighted by Crippen LogP contribution is -2.40. The number of anilines is 1. The second-order valence-electron chi connectivity index (χ2n) is 8.58. The highest BCUT2D eigenvalue weighted by Crippen LogP contribution is 2.36. The smallest absolute Gasteiger partial charge is 0.338 e. The van der Waals surface area contributed by atoms with Gasteiger partial charge in [-0.05, 0) is 39.8 Å². The lowest BCUT2D eigenvalue weighted by Gasteiger charge is -2.26. The fourth-order valence-corrected chi connectivity index (χ4v) is 4.97. The number of aromatic nitrogens is 1. The van der Waals surface area contributed by atoms with Crippen molar-refractivity contribution in [3.63, 3.8) is 0 Å². The quantitative estimate of drug-likeness (QED) is 0.468. The lowest BCUT2D eigenvalue weighted by molar-refractivity contribution is -0.139. The zero-order valence-electron chi connectivity index (χ0n) is 20.7. The molecule has 0 spiro atoms. The summed E-state index contributed by atoms with van der Waals surface area (Å²) in [6, 6.07) is 10.4. The molecule has 1 unspecified atom stereocenters. The maximum atomic E-state index is 13.7. The number of nitrogens with zero attached hydrogens (tertiary/aromatic N) is 3. The predicted molar refractivity (Wildman–Crippen MR) is 136 cm³/mol. The molecule has 2 aromatic heterocycles. The van der Waals surface area contributed by atoms with Crippen LogP contribution in [0, 0.1) is 0 Å². The average Bonchev–Trinajstić information content (AvgIpc) is 3.38. The summed E-state index contributed by atoms with van der Waals surface area (Å²) in [7, 11) is 3.76. The number of allylic oxidation sites excluding steroid dienone is 1. The molecule has 184 valence electrons. The van der Waals surface area contributed by atoms with E-state index in [4.69, 9.17) is 13.9 Å². The summed E-state index contributed by atoms with van der Waals surface area (Å²) >= 11 is 1.25. The number of benzene rings is 1. The summed E-state index contributed by atoms with van der Waals surface area (Å²) in [5, 5.41) is 0. The van der Waals surface area contributed by atoms with Crippen LogP contribution in [0.5, 0.6) is 5.75 Å². The number of esters is 1. The van der Waals surface area contributed by atoms with Gasteiger partial charge in [-0.2, -0.15) is 0 Å². The number of rotatable bonds is 7. The fourth-order valence-electron chi connectivity index (χ4n) is 3.94. The van der Waals surface area contributed by atoms with Crippen LogP contribution in [0.15, 0.2) is 61.9 Å². The van der Waals surface area contributed by atoms with Gasteiger partial charge in [0.25, 0.3) is 5.56 Å². The summed E-state index contributed by atoms with van der Waals surface area (Å²) < 4.78 is 19.2. The maximum absolute atomic E-state index is 13.7. The largest absolute Gasteiger partial charge is 0.491 e. The van der Waals surface area contributed by atoms with Crippen molar-refractivity contribution in [1.82, 2.24) is 4.57 Å². The molecule has 35 heavy (non-hydrogen) atoms. The van der Waals surface area contributed by atoms with Crippen molar-refractivity contribution in [2.75, 3.05) is 25.6 Å². The second kappa shape index (κ2) is 9.95. The average molecular weight is 496 g/mol. The molecule has 0 radical (unpaired) electrons. The number of thiazole rings is 1. The Morgan fingerprint density at radius 3 is 2.66 bits per heavy atom. The van der Waals surface area contributed by atoms with Gasteiger partial charge in [0.2, 0.25) is 0 Å². The Balaban J connectivity index is 1.95. The molecule has 9 heteroatoms. The third-order valence-corrected chi connectivity index (χ3v) is 6.40. The van der Waals surface area contributed by atoms with Gasteiger partial charge in [0.05, 0.1) is 28.5 Å². The molecule has 1 aliphatic rings. The molecule has 0 amide bonds. The molecule has 8 nitrogen and oxygen atoms in total. The van der Waals surface area contributed by atoms with Crippen LogP contribution in [0.25, 0.3) is 6.08 Å². The first kappa shape index (κ1) is 24.5. The molecule has 1 aliphatic heterocycles. The first-order chi connectivity index (χ1) is 16.7. The Hall–Kier alpha value is -3.59. The molecular formula is C26H29N3O5S. The highest BCUT2D eigenvalue weighted by atomic mass is 32.1. The monoisotopic (exact) mass is 495 g/mol. The Morgan fingerprint density at radius 1 is 1.26 bits per heavy atom. The first-order valence-electron chi connectivity index (χ1n) is 11.4. The molecule has 3 aromatic rings. The van der Waals surface area contributed by atoms with E-state index < -0.39 is 12.0 Å². The number of carbonyl (C=O) groups excluding carboxylic acids is 1. The molecule has 1 atom stereocenters. The number of hydrogen-bond acceptors (Lipinski definition) is 8. The summed E-state index contributed by atoms with van der Waals surface area (Å²) in [4.78, 5) is 33.8. The van der Waals surface area contributed by atoms with Crippen LogP contribution < -0.4 is 24.5 Å². The summed E-state index contributed by atoms with van der Waals surface area (Å²) in [6.07, 6.45) is 1.61. The van der Waals surface area contributed by atoms with E-state index in [-0.39, 0.29) is 18.3 Å². The van der Waals surface area contributed by atoms with Crippen molar-refractivity contribution in [3.05, 3.63) is 78.7 Å². The number of carbonyl (C=O) groups is 1. The molecular weight excluding hydrogens is 466 g/mol. The van der Waals surface area contributed by atoms with Crippen molar-refractivity contribution in [2.24, 2.45) is 4.99 Å². The number of hydrogen-bond donors (Lipinski definition) is 0. The summed E-state index contributed by atoms with van der Waals surface area (Å²) in [5.74, 6) is 1.33. The van der Waals surface area contributed by atoms with E-state index in [2.05, 4.69) is 4.99 Å². The second-order valence-corrected chi connectivity index (χ2v) is 9.59. The Kier molecular flexibility index (Phi) is 6.98. The molecule has 0 fully saturated rings. The predicted octanol–water partition coefficient (Wildman–Crippen LogP) is 3.24. The van der Waals surface area contributed by atoms with Crippen molar-refractivity contribution in [1.29, 1.82) is 0 Å². The lowest BCUT2D eigenvalue weighted by atomic mass is 9.95. The van der Waals surface area contributed by atoms with Gasteiger partial charge in [0, 0.05) is 31.8 Å². The van der Waals surface area contributed by atoms with Gasteiger partial charge in [0.15, 0.2) is 10.7 Å². The zero-order chi connectivity index (χ0) is 25.3. The molecule has 0 N–H and O–H groups in total. The van der Waals surface area contributed by atoms with E-state index in [1.807, 2.05) is 69.2 Å². The van der Waals surface area contributed by atoms with Crippen LogP contribution in [0.3, 0.4) is 0 Å². The van der Waals surface area contributed by atoms with Crippen LogP contribution in [-0.4, -0.2) is 37.3 Å². The van der Waals surface area contributed by atoms with Crippen molar-refractivity contribution >= 4 is 29.3 Å². The number of ether oxygens (including phenoxy) is 2.